The second kappa shape index (κ2) is 3.58. The Balaban J connectivity index is 2.80. The van der Waals surface area contributed by atoms with Crippen LogP contribution < -0.4 is 0 Å². The summed E-state index contributed by atoms with van der Waals surface area (Å²) < 4.78 is 80.4. The molecule has 0 aromatic carbocycles. The van der Waals surface area contributed by atoms with Crippen LogP contribution in [-0.4, -0.2) is 31.9 Å². The average Bonchev–Trinajstić information content (AvgIpc) is 2.01. The van der Waals surface area contributed by atoms with Gasteiger partial charge in [-0.1, -0.05) is 0 Å². The van der Waals surface area contributed by atoms with E-state index in [1.54, 1.807) is 0 Å². The van der Waals surface area contributed by atoms with Crippen molar-refractivity contribution in [3.05, 3.63) is 0 Å². The zero-order chi connectivity index (χ0) is 11.0. The number of alkyl halides is 6. The number of hydrogen-bond donors (Lipinski definition) is 0. The molecular weight excluding hydrogens is 218 g/mol. The van der Waals surface area contributed by atoms with Crippen molar-refractivity contribution in [3.63, 3.8) is 0 Å². The first kappa shape index (κ1) is 11.6. The molecule has 0 aromatic heterocycles. The monoisotopic (exact) mass is 224 g/mol. The Morgan fingerprint density at radius 3 is 1.86 bits per heavy atom. The lowest BCUT2D eigenvalue weighted by atomic mass is 10.0. The second-order valence-corrected chi connectivity index (χ2v) is 2.77. The zero-order valence-electron chi connectivity index (χ0n) is 6.65. The van der Waals surface area contributed by atoms with Crippen molar-refractivity contribution in [2.75, 3.05) is 13.4 Å². The maximum absolute atomic E-state index is 12.1. The van der Waals surface area contributed by atoms with Crippen LogP contribution in [0.1, 0.15) is 0 Å². The highest BCUT2D eigenvalue weighted by Crippen LogP contribution is 2.39. The first-order chi connectivity index (χ1) is 6.23. The van der Waals surface area contributed by atoms with E-state index in [-0.39, 0.29) is 0 Å². The third-order valence-corrected chi connectivity index (χ3v) is 1.74. The molecule has 0 saturated carbocycles. The summed E-state index contributed by atoms with van der Waals surface area (Å²) in [5.74, 6) is -2.64. The molecule has 2 nitrogen and oxygen atoms in total. The van der Waals surface area contributed by atoms with Gasteiger partial charge in [-0.15, -0.1) is 0 Å². The smallest absolute Gasteiger partial charge is 0.355 e. The van der Waals surface area contributed by atoms with Crippen molar-refractivity contribution in [2.45, 2.75) is 18.5 Å². The lowest BCUT2D eigenvalue weighted by Gasteiger charge is -2.33. The summed E-state index contributed by atoms with van der Waals surface area (Å²) in [5.41, 5.74) is 0. The summed E-state index contributed by atoms with van der Waals surface area (Å²) >= 11 is 0. The number of hydrogen-bond acceptors (Lipinski definition) is 2. The molecule has 2 unspecified atom stereocenters. The average molecular weight is 224 g/mol. The van der Waals surface area contributed by atoms with E-state index in [2.05, 4.69) is 9.47 Å². The van der Waals surface area contributed by atoms with Gasteiger partial charge in [0.2, 0.25) is 0 Å². The van der Waals surface area contributed by atoms with E-state index in [0.717, 1.165) is 0 Å². The molecule has 0 spiro atoms. The molecule has 1 heterocycles. The predicted molar refractivity (Wildman–Crippen MR) is 31.3 cm³/mol. The number of ether oxygens (including phenoxy) is 2. The fourth-order valence-corrected chi connectivity index (χ4v) is 1.09. The summed E-state index contributed by atoms with van der Waals surface area (Å²) in [6.45, 7) is -1.79. The van der Waals surface area contributed by atoms with Gasteiger partial charge >= 0.3 is 12.4 Å². The summed E-state index contributed by atoms with van der Waals surface area (Å²) in [4.78, 5) is 0. The molecule has 8 heteroatoms. The van der Waals surface area contributed by atoms with E-state index in [1.165, 1.54) is 0 Å². The molecule has 1 rings (SSSR count). The van der Waals surface area contributed by atoms with Crippen LogP contribution in [0.15, 0.2) is 0 Å². The molecular formula is C6H6F6O2. The Morgan fingerprint density at radius 2 is 1.50 bits per heavy atom. The van der Waals surface area contributed by atoms with Crippen LogP contribution in [0.3, 0.4) is 0 Å². The van der Waals surface area contributed by atoms with Crippen LogP contribution in [-0.2, 0) is 9.47 Å². The van der Waals surface area contributed by atoms with Crippen molar-refractivity contribution in [3.8, 4) is 0 Å². The van der Waals surface area contributed by atoms with Crippen LogP contribution in [0.25, 0.3) is 0 Å². The molecule has 0 radical (unpaired) electrons. The molecule has 0 aromatic rings. The number of rotatable bonds is 0. The topological polar surface area (TPSA) is 18.5 Å². The molecule has 0 amide bonds. The van der Waals surface area contributed by atoms with Crippen molar-refractivity contribution in [1.29, 1.82) is 0 Å². The van der Waals surface area contributed by atoms with Crippen molar-refractivity contribution >= 4 is 0 Å². The Morgan fingerprint density at radius 1 is 0.929 bits per heavy atom. The second-order valence-electron chi connectivity index (χ2n) is 2.77. The molecule has 0 bridgehead atoms. The van der Waals surface area contributed by atoms with Crippen LogP contribution in [0.5, 0.6) is 0 Å². The lowest BCUT2D eigenvalue weighted by molar-refractivity contribution is -0.335. The molecule has 0 N–H and O–H groups in total. The fraction of sp³-hybridized carbons (Fsp3) is 1.00. The van der Waals surface area contributed by atoms with Crippen molar-refractivity contribution in [1.82, 2.24) is 0 Å². The molecule has 1 saturated heterocycles. The molecule has 1 aliphatic heterocycles. The quantitative estimate of drug-likeness (QED) is 0.586. The standard InChI is InChI=1S/C6H6F6O2/c7-5(8,9)3-1-13-2-14-4(3)6(10,11)12/h3-4H,1-2H2. The van der Waals surface area contributed by atoms with Gasteiger partial charge in [0, 0.05) is 0 Å². The highest BCUT2D eigenvalue weighted by atomic mass is 19.4. The molecule has 84 valence electrons. The third-order valence-electron chi connectivity index (χ3n) is 1.74. The van der Waals surface area contributed by atoms with Gasteiger partial charge in [-0.2, -0.15) is 26.3 Å². The van der Waals surface area contributed by atoms with E-state index in [4.69, 9.17) is 0 Å². The summed E-state index contributed by atoms with van der Waals surface area (Å²) in [5, 5.41) is 0. The maximum atomic E-state index is 12.1. The zero-order valence-corrected chi connectivity index (χ0v) is 6.65. The first-order valence-corrected chi connectivity index (χ1v) is 3.55. The van der Waals surface area contributed by atoms with Gasteiger partial charge in [-0.3, -0.25) is 0 Å². The minimum Gasteiger partial charge on any atom is -0.355 e. The van der Waals surface area contributed by atoms with Gasteiger partial charge in [-0.05, 0) is 0 Å². The van der Waals surface area contributed by atoms with Crippen LogP contribution in [0, 0.1) is 5.92 Å². The normalized spacial score (nSPS) is 30.4. The highest BCUT2D eigenvalue weighted by Gasteiger charge is 2.57. The Hall–Kier alpha value is -0.500. The van der Waals surface area contributed by atoms with Gasteiger partial charge in [0.25, 0.3) is 0 Å². The van der Waals surface area contributed by atoms with E-state index in [0.29, 0.717) is 0 Å². The summed E-state index contributed by atoms with van der Waals surface area (Å²) in [6.07, 6.45) is -12.8. The van der Waals surface area contributed by atoms with Gasteiger partial charge in [0.05, 0.1) is 6.61 Å². The Kier molecular flexibility index (Phi) is 2.96. The lowest BCUT2D eigenvalue weighted by Crippen LogP contribution is -2.50. The Bertz CT molecular complexity index is 175. The minimum atomic E-state index is -5.02. The molecule has 1 fully saturated rings. The minimum absolute atomic E-state index is 0.767. The van der Waals surface area contributed by atoms with Crippen molar-refractivity contribution in [2.24, 2.45) is 5.92 Å². The largest absolute Gasteiger partial charge is 0.415 e. The molecule has 14 heavy (non-hydrogen) atoms. The predicted octanol–water partition coefficient (Wildman–Crippen LogP) is 2.10. The molecule has 1 aliphatic rings. The maximum Gasteiger partial charge on any atom is 0.415 e. The fourth-order valence-electron chi connectivity index (χ4n) is 1.09. The molecule has 0 aliphatic carbocycles. The van der Waals surface area contributed by atoms with Crippen LogP contribution in [0.2, 0.25) is 0 Å². The van der Waals surface area contributed by atoms with E-state index >= 15 is 0 Å². The van der Waals surface area contributed by atoms with E-state index < -0.39 is 37.8 Å². The summed E-state index contributed by atoms with van der Waals surface area (Å²) in [7, 11) is 0. The number of halogens is 6. The van der Waals surface area contributed by atoms with Gasteiger partial charge in [0.1, 0.15) is 12.7 Å². The van der Waals surface area contributed by atoms with E-state index in [1.807, 2.05) is 0 Å². The Labute approximate surface area is 74.8 Å². The third kappa shape index (κ3) is 2.50. The van der Waals surface area contributed by atoms with Gasteiger partial charge < -0.3 is 9.47 Å². The molecule has 2 atom stereocenters. The first-order valence-electron chi connectivity index (χ1n) is 3.55. The van der Waals surface area contributed by atoms with Crippen LogP contribution >= 0.6 is 0 Å². The summed E-state index contributed by atoms with van der Waals surface area (Å²) in [6, 6.07) is 0. The van der Waals surface area contributed by atoms with Crippen LogP contribution in [0.4, 0.5) is 26.3 Å². The van der Waals surface area contributed by atoms with Gasteiger partial charge in [-0.25, -0.2) is 0 Å². The van der Waals surface area contributed by atoms with E-state index in [9.17, 15) is 26.3 Å². The highest BCUT2D eigenvalue weighted by molar-refractivity contribution is 4.83. The SMILES string of the molecule is FC(F)(F)C1COCOC1C(F)(F)F. The van der Waals surface area contributed by atoms with Gasteiger partial charge in [0.15, 0.2) is 6.10 Å². The van der Waals surface area contributed by atoms with Crippen molar-refractivity contribution < 1.29 is 35.8 Å².